The van der Waals surface area contributed by atoms with E-state index >= 15 is 0 Å². The summed E-state index contributed by atoms with van der Waals surface area (Å²) in [6, 6.07) is 12.8. The maximum atomic E-state index is 12.5. The number of likely N-dealkylation sites (N-methyl/N-ethyl adjacent to an activating group) is 1. The predicted molar refractivity (Wildman–Crippen MR) is 134 cm³/mol. The minimum absolute atomic E-state index is 0.0538. The Morgan fingerprint density at radius 2 is 1.97 bits per heavy atom. The van der Waals surface area contributed by atoms with Crippen LogP contribution < -0.4 is 15.6 Å². The van der Waals surface area contributed by atoms with Gasteiger partial charge in [0.1, 0.15) is 11.8 Å². The molecule has 8 heteroatoms. The number of fused-ring (bicyclic) bond motifs is 2. The third-order valence-electron chi connectivity index (χ3n) is 6.02. The van der Waals surface area contributed by atoms with Crippen LogP contribution in [0.15, 0.2) is 69.4 Å². The van der Waals surface area contributed by atoms with Crippen molar-refractivity contribution < 1.29 is 14.0 Å². The lowest BCUT2D eigenvalue weighted by atomic mass is 9.85. The van der Waals surface area contributed by atoms with Crippen molar-refractivity contribution in [3.05, 3.63) is 81.5 Å². The van der Waals surface area contributed by atoms with Gasteiger partial charge in [0.2, 0.25) is 11.8 Å². The molecule has 0 saturated carbocycles. The SMILES string of the molecule is CN1C(=O)C(C)(C)c2cc(-c3csc(NC(=O)/C=C/c4coc5ccccc5c4=O)n3)ccc21. The quantitative estimate of drug-likeness (QED) is 0.431. The van der Waals surface area contributed by atoms with Gasteiger partial charge in [-0.05, 0) is 49.8 Å². The van der Waals surface area contributed by atoms with Crippen molar-refractivity contribution >= 4 is 51.0 Å². The molecule has 4 aromatic rings. The number of anilines is 2. The van der Waals surface area contributed by atoms with Crippen LogP contribution in [-0.4, -0.2) is 23.8 Å². The average Bonchev–Trinajstić information content (AvgIpc) is 3.36. The molecule has 0 unspecified atom stereocenters. The second-order valence-corrected chi connectivity index (χ2v) is 9.46. The van der Waals surface area contributed by atoms with Crippen molar-refractivity contribution in [2.75, 3.05) is 17.3 Å². The molecule has 2 aromatic heterocycles. The molecule has 5 rings (SSSR count). The van der Waals surface area contributed by atoms with Crippen LogP contribution in [0.3, 0.4) is 0 Å². The van der Waals surface area contributed by atoms with E-state index < -0.39 is 11.3 Å². The Labute approximate surface area is 199 Å². The molecule has 0 aliphatic carbocycles. The molecule has 34 heavy (non-hydrogen) atoms. The number of carbonyl (C=O) groups is 2. The molecule has 0 fully saturated rings. The van der Waals surface area contributed by atoms with Gasteiger partial charge in [0.25, 0.3) is 0 Å². The molecule has 170 valence electrons. The molecule has 0 spiro atoms. The van der Waals surface area contributed by atoms with Crippen LogP contribution in [0.25, 0.3) is 28.3 Å². The van der Waals surface area contributed by atoms with Crippen LogP contribution in [0, 0.1) is 0 Å². The first-order valence-corrected chi connectivity index (χ1v) is 11.5. The topological polar surface area (TPSA) is 92.5 Å². The summed E-state index contributed by atoms with van der Waals surface area (Å²) in [5, 5.41) is 5.47. The first-order chi connectivity index (χ1) is 16.3. The molecule has 0 radical (unpaired) electrons. The van der Waals surface area contributed by atoms with E-state index in [-0.39, 0.29) is 16.9 Å². The highest BCUT2D eigenvalue weighted by molar-refractivity contribution is 7.14. The standard InChI is InChI=1S/C26H21N3O4S/c1-26(2)18-12-15(8-10-20(18)29(3)24(26)32)19-14-34-25(27-19)28-22(30)11-9-16-13-33-21-7-5-4-6-17(21)23(16)31/h4-14H,1-3H3,(H,27,28,30)/b11-9+. The Balaban J connectivity index is 1.33. The fraction of sp³-hybridized carbons (Fsp3) is 0.154. The molecule has 1 aliphatic rings. The van der Waals surface area contributed by atoms with Crippen LogP contribution in [-0.2, 0) is 15.0 Å². The van der Waals surface area contributed by atoms with Crippen molar-refractivity contribution in [1.29, 1.82) is 0 Å². The second-order valence-electron chi connectivity index (χ2n) is 8.60. The zero-order chi connectivity index (χ0) is 24.0. The highest BCUT2D eigenvalue weighted by atomic mass is 32.1. The Kier molecular flexibility index (Phi) is 5.17. The maximum Gasteiger partial charge on any atom is 0.250 e. The molecular weight excluding hydrogens is 450 g/mol. The summed E-state index contributed by atoms with van der Waals surface area (Å²) >= 11 is 1.30. The van der Waals surface area contributed by atoms with Crippen molar-refractivity contribution in [1.82, 2.24) is 4.98 Å². The van der Waals surface area contributed by atoms with Gasteiger partial charge in [0.15, 0.2) is 10.6 Å². The first-order valence-electron chi connectivity index (χ1n) is 10.6. The van der Waals surface area contributed by atoms with Crippen LogP contribution in [0.4, 0.5) is 10.8 Å². The number of benzene rings is 2. The van der Waals surface area contributed by atoms with E-state index in [1.165, 1.54) is 29.8 Å². The molecule has 0 atom stereocenters. The summed E-state index contributed by atoms with van der Waals surface area (Å²) in [7, 11) is 1.78. The fourth-order valence-electron chi connectivity index (χ4n) is 4.12. The summed E-state index contributed by atoms with van der Waals surface area (Å²) < 4.78 is 5.47. The Bertz CT molecular complexity index is 1550. The molecule has 7 nitrogen and oxygen atoms in total. The molecule has 3 heterocycles. The molecular formula is C26H21N3O4S. The van der Waals surface area contributed by atoms with Crippen LogP contribution >= 0.6 is 11.3 Å². The number of carbonyl (C=O) groups excluding carboxylic acids is 2. The van der Waals surface area contributed by atoms with E-state index in [0.717, 1.165) is 16.8 Å². The van der Waals surface area contributed by atoms with Crippen LogP contribution in [0.5, 0.6) is 0 Å². The van der Waals surface area contributed by atoms with Gasteiger partial charge in [-0.2, -0.15) is 0 Å². The zero-order valence-corrected chi connectivity index (χ0v) is 19.6. The smallest absolute Gasteiger partial charge is 0.250 e. The Morgan fingerprint density at radius 3 is 2.79 bits per heavy atom. The van der Waals surface area contributed by atoms with E-state index in [9.17, 15) is 14.4 Å². The molecule has 0 bridgehead atoms. The van der Waals surface area contributed by atoms with Crippen molar-refractivity contribution in [3.8, 4) is 11.3 Å². The molecule has 1 N–H and O–H groups in total. The number of hydrogen-bond acceptors (Lipinski definition) is 6. The van der Waals surface area contributed by atoms with Gasteiger partial charge in [0, 0.05) is 29.8 Å². The molecule has 2 aromatic carbocycles. The van der Waals surface area contributed by atoms with Gasteiger partial charge >= 0.3 is 0 Å². The molecule has 2 amide bonds. The Hall–Kier alpha value is -4.04. The van der Waals surface area contributed by atoms with Crippen molar-refractivity contribution in [3.63, 3.8) is 0 Å². The summed E-state index contributed by atoms with van der Waals surface area (Å²) in [5.74, 6) is -0.353. The highest BCUT2D eigenvalue weighted by Crippen LogP contribution is 2.42. The number of amides is 2. The number of aromatic nitrogens is 1. The second kappa shape index (κ2) is 8.07. The van der Waals surface area contributed by atoms with E-state index in [1.807, 2.05) is 37.4 Å². The number of para-hydroxylation sites is 1. The van der Waals surface area contributed by atoms with E-state index in [2.05, 4.69) is 10.3 Å². The molecule has 1 aliphatic heterocycles. The number of rotatable bonds is 4. The Morgan fingerprint density at radius 1 is 1.18 bits per heavy atom. The lowest BCUT2D eigenvalue weighted by molar-refractivity contribution is -0.121. The zero-order valence-electron chi connectivity index (χ0n) is 18.8. The third kappa shape index (κ3) is 3.62. The van der Waals surface area contributed by atoms with Crippen molar-refractivity contribution in [2.24, 2.45) is 0 Å². The minimum atomic E-state index is -0.604. The van der Waals surface area contributed by atoms with Gasteiger partial charge in [-0.1, -0.05) is 18.2 Å². The van der Waals surface area contributed by atoms with Gasteiger partial charge in [-0.3, -0.25) is 19.7 Å². The summed E-state index contributed by atoms with van der Waals surface area (Å²) in [5.41, 5.74) is 3.40. The number of nitrogens with zero attached hydrogens (tertiary/aromatic N) is 2. The normalized spacial score (nSPS) is 14.7. The fourth-order valence-corrected chi connectivity index (χ4v) is 4.84. The summed E-state index contributed by atoms with van der Waals surface area (Å²) in [4.78, 5) is 43.7. The molecule has 0 saturated heterocycles. The first kappa shape index (κ1) is 21.8. The lowest BCUT2D eigenvalue weighted by Gasteiger charge is -2.16. The number of nitrogens with one attached hydrogen (secondary N) is 1. The van der Waals surface area contributed by atoms with Crippen LogP contribution in [0.1, 0.15) is 25.0 Å². The lowest BCUT2D eigenvalue weighted by Crippen LogP contribution is -2.33. The van der Waals surface area contributed by atoms with E-state index in [1.54, 1.807) is 36.2 Å². The van der Waals surface area contributed by atoms with Gasteiger partial charge in [0.05, 0.1) is 22.1 Å². The minimum Gasteiger partial charge on any atom is -0.463 e. The van der Waals surface area contributed by atoms with Gasteiger partial charge in [-0.25, -0.2) is 4.98 Å². The monoisotopic (exact) mass is 471 g/mol. The van der Waals surface area contributed by atoms with Crippen LogP contribution in [0.2, 0.25) is 0 Å². The predicted octanol–water partition coefficient (Wildman–Crippen LogP) is 4.82. The number of hydrogen-bond donors (Lipinski definition) is 1. The number of thiazole rings is 1. The maximum absolute atomic E-state index is 12.5. The van der Waals surface area contributed by atoms with Crippen molar-refractivity contribution in [2.45, 2.75) is 19.3 Å². The van der Waals surface area contributed by atoms with E-state index in [4.69, 9.17) is 4.42 Å². The average molecular weight is 472 g/mol. The van der Waals surface area contributed by atoms with E-state index in [0.29, 0.717) is 21.8 Å². The highest BCUT2D eigenvalue weighted by Gasteiger charge is 2.42. The summed E-state index contributed by atoms with van der Waals surface area (Å²) in [6.07, 6.45) is 4.05. The summed E-state index contributed by atoms with van der Waals surface area (Å²) in [6.45, 7) is 3.83. The third-order valence-corrected chi connectivity index (χ3v) is 6.78. The van der Waals surface area contributed by atoms with Gasteiger partial charge < -0.3 is 9.32 Å². The van der Waals surface area contributed by atoms with Gasteiger partial charge in [-0.15, -0.1) is 11.3 Å². The largest absolute Gasteiger partial charge is 0.463 e.